The van der Waals surface area contributed by atoms with E-state index in [1.54, 1.807) is 11.8 Å². The molecule has 0 aliphatic carbocycles. The SMILES string of the molecule is CCOc1ccc(CCNC(=O)C2CSCN2)cc1Cl. The van der Waals surface area contributed by atoms with Crippen molar-refractivity contribution in [2.24, 2.45) is 0 Å². The standard InChI is InChI=1S/C14H19ClN2O2S/c1-2-19-13-4-3-10(7-11(13)15)5-6-16-14(18)12-8-20-9-17-12/h3-4,7,12,17H,2,5-6,8-9H2,1H3,(H,16,18). The minimum absolute atomic E-state index is 0.0519. The molecule has 4 nitrogen and oxygen atoms in total. The van der Waals surface area contributed by atoms with Crippen molar-refractivity contribution in [2.75, 3.05) is 24.8 Å². The fraction of sp³-hybridized carbons (Fsp3) is 0.500. The van der Waals surface area contributed by atoms with Crippen LogP contribution < -0.4 is 15.4 Å². The lowest BCUT2D eigenvalue weighted by molar-refractivity contribution is -0.122. The van der Waals surface area contributed by atoms with Gasteiger partial charge in [0.25, 0.3) is 0 Å². The lowest BCUT2D eigenvalue weighted by atomic mass is 10.1. The number of carbonyl (C=O) groups excluding carboxylic acids is 1. The van der Waals surface area contributed by atoms with Gasteiger partial charge in [-0.05, 0) is 31.0 Å². The third-order valence-electron chi connectivity index (χ3n) is 3.04. The van der Waals surface area contributed by atoms with E-state index in [0.717, 1.165) is 23.6 Å². The Labute approximate surface area is 128 Å². The van der Waals surface area contributed by atoms with E-state index in [1.165, 1.54) is 0 Å². The summed E-state index contributed by atoms with van der Waals surface area (Å²) in [7, 11) is 0. The number of benzene rings is 1. The maximum absolute atomic E-state index is 11.8. The highest BCUT2D eigenvalue weighted by Gasteiger charge is 2.21. The van der Waals surface area contributed by atoms with Crippen molar-refractivity contribution in [1.29, 1.82) is 0 Å². The molecule has 0 saturated carbocycles. The molecule has 110 valence electrons. The average Bonchev–Trinajstić information content (AvgIpc) is 2.96. The van der Waals surface area contributed by atoms with Crippen LogP contribution in [0, 0.1) is 0 Å². The highest BCUT2D eigenvalue weighted by Crippen LogP contribution is 2.25. The van der Waals surface area contributed by atoms with E-state index >= 15 is 0 Å². The van der Waals surface area contributed by atoms with Crippen LogP contribution >= 0.6 is 23.4 Å². The van der Waals surface area contributed by atoms with E-state index in [9.17, 15) is 4.79 Å². The minimum Gasteiger partial charge on any atom is -0.492 e. The van der Waals surface area contributed by atoms with E-state index in [2.05, 4.69) is 10.6 Å². The summed E-state index contributed by atoms with van der Waals surface area (Å²) >= 11 is 7.87. The largest absolute Gasteiger partial charge is 0.492 e. The summed E-state index contributed by atoms with van der Waals surface area (Å²) in [6.45, 7) is 3.14. The van der Waals surface area contributed by atoms with Crippen molar-refractivity contribution < 1.29 is 9.53 Å². The normalized spacial score (nSPS) is 18.0. The first kappa shape index (κ1) is 15.5. The van der Waals surface area contributed by atoms with Crippen molar-refractivity contribution >= 4 is 29.3 Å². The number of ether oxygens (including phenoxy) is 1. The molecule has 1 aliphatic heterocycles. The van der Waals surface area contributed by atoms with Gasteiger partial charge in [0.2, 0.25) is 5.91 Å². The molecule has 1 heterocycles. The summed E-state index contributed by atoms with van der Waals surface area (Å²) in [6.07, 6.45) is 0.762. The van der Waals surface area contributed by atoms with Crippen LogP contribution in [0.1, 0.15) is 12.5 Å². The Morgan fingerprint density at radius 3 is 3.10 bits per heavy atom. The zero-order valence-electron chi connectivity index (χ0n) is 11.4. The summed E-state index contributed by atoms with van der Waals surface area (Å²) in [5, 5.41) is 6.71. The van der Waals surface area contributed by atoms with E-state index in [1.807, 2.05) is 25.1 Å². The summed E-state index contributed by atoms with van der Waals surface area (Å²) in [6, 6.07) is 5.69. The number of carbonyl (C=O) groups is 1. The van der Waals surface area contributed by atoms with Crippen LogP contribution in [0.2, 0.25) is 5.02 Å². The van der Waals surface area contributed by atoms with Crippen LogP contribution in [0.3, 0.4) is 0 Å². The monoisotopic (exact) mass is 314 g/mol. The first-order chi connectivity index (χ1) is 9.70. The molecule has 1 fully saturated rings. The highest BCUT2D eigenvalue weighted by atomic mass is 35.5. The summed E-state index contributed by atoms with van der Waals surface area (Å²) in [5.41, 5.74) is 1.09. The van der Waals surface area contributed by atoms with Gasteiger partial charge in [-0.2, -0.15) is 0 Å². The average molecular weight is 315 g/mol. The number of rotatable bonds is 6. The molecule has 1 atom stereocenters. The molecule has 1 aliphatic rings. The first-order valence-electron chi connectivity index (χ1n) is 6.70. The van der Waals surface area contributed by atoms with Gasteiger partial charge in [-0.3, -0.25) is 10.1 Å². The molecule has 1 unspecified atom stereocenters. The van der Waals surface area contributed by atoms with Gasteiger partial charge in [0, 0.05) is 18.2 Å². The van der Waals surface area contributed by atoms with Gasteiger partial charge in [-0.15, -0.1) is 11.8 Å². The Morgan fingerprint density at radius 2 is 2.45 bits per heavy atom. The van der Waals surface area contributed by atoms with Crippen LogP contribution in [0.25, 0.3) is 0 Å². The minimum atomic E-state index is -0.0519. The van der Waals surface area contributed by atoms with Gasteiger partial charge in [0.1, 0.15) is 5.75 Å². The predicted molar refractivity (Wildman–Crippen MR) is 83.6 cm³/mol. The first-order valence-corrected chi connectivity index (χ1v) is 8.24. The fourth-order valence-corrected chi connectivity index (χ4v) is 3.19. The molecule has 20 heavy (non-hydrogen) atoms. The third-order valence-corrected chi connectivity index (χ3v) is 4.28. The lowest BCUT2D eigenvalue weighted by Gasteiger charge is -2.11. The highest BCUT2D eigenvalue weighted by molar-refractivity contribution is 7.99. The molecule has 1 saturated heterocycles. The molecule has 0 spiro atoms. The molecule has 2 rings (SSSR count). The summed E-state index contributed by atoms with van der Waals surface area (Å²) < 4.78 is 5.39. The fourth-order valence-electron chi connectivity index (χ4n) is 1.99. The van der Waals surface area contributed by atoms with Crippen LogP contribution in [-0.4, -0.2) is 36.7 Å². The quantitative estimate of drug-likeness (QED) is 0.844. The maximum Gasteiger partial charge on any atom is 0.238 e. The van der Waals surface area contributed by atoms with Gasteiger partial charge in [0.05, 0.1) is 17.7 Å². The molecule has 0 aromatic heterocycles. The van der Waals surface area contributed by atoms with Gasteiger partial charge >= 0.3 is 0 Å². The van der Waals surface area contributed by atoms with E-state index in [-0.39, 0.29) is 11.9 Å². The molecule has 1 amide bonds. The number of amides is 1. The molecule has 1 aromatic carbocycles. The zero-order valence-corrected chi connectivity index (χ0v) is 13.0. The second kappa shape index (κ2) is 7.76. The predicted octanol–water partition coefficient (Wildman–Crippen LogP) is 2.06. The van der Waals surface area contributed by atoms with Crippen molar-refractivity contribution in [3.8, 4) is 5.75 Å². The molecule has 1 aromatic rings. The molecule has 2 N–H and O–H groups in total. The Kier molecular flexibility index (Phi) is 6.01. The van der Waals surface area contributed by atoms with Crippen molar-refractivity contribution in [3.63, 3.8) is 0 Å². The van der Waals surface area contributed by atoms with Gasteiger partial charge in [-0.1, -0.05) is 17.7 Å². The summed E-state index contributed by atoms with van der Waals surface area (Å²) in [4.78, 5) is 11.8. The summed E-state index contributed by atoms with van der Waals surface area (Å²) in [5.74, 6) is 2.48. The van der Waals surface area contributed by atoms with Crippen molar-refractivity contribution in [3.05, 3.63) is 28.8 Å². The number of halogens is 1. The van der Waals surface area contributed by atoms with Crippen LogP contribution in [0.4, 0.5) is 0 Å². The van der Waals surface area contributed by atoms with E-state index in [4.69, 9.17) is 16.3 Å². The van der Waals surface area contributed by atoms with Gasteiger partial charge in [-0.25, -0.2) is 0 Å². The van der Waals surface area contributed by atoms with Crippen LogP contribution in [0.5, 0.6) is 5.75 Å². The Morgan fingerprint density at radius 1 is 1.60 bits per heavy atom. The lowest BCUT2D eigenvalue weighted by Crippen LogP contribution is -2.42. The number of nitrogens with one attached hydrogen (secondary N) is 2. The maximum atomic E-state index is 11.8. The molecule has 6 heteroatoms. The second-order valence-corrected chi connectivity index (χ2v) is 5.95. The van der Waals surface area contributed by atoms with E-state index < -0.39 is 0 Å². The number of hydrogen-bond acceptors (Lipinski definition) is 4. The van der Waals surface area contributed by atoms with Crippen molar-refractivity contribution in [1.82, 2.24) is 10.6 Å². The third kappa shape index (κ3) is 4.30. The number of thioether (sulfide) groups is 1. The molecule has 0 bridgehead atoms. The molecular formula is C14H19ClN2O2S. The van der Waals surface area contributed by atoms with E-state index in [0.29, 0.717) is 23.9 Å². The topological polar surface area (TPSA) is 50.4 Å². The Hall–Kier alpha value is -0.910. The Balaban J connectivity index is 1.79. The molecular weight excluding hydrogens is 296 g/mol. The number of hydrogen-bond donors (Lipinski definition) is 2. The smallest absolute Gasteiger partial charge is 0.238 e. The second-order valence-electron chi connectivity index (χ2n) is 4.51. The van der Waals surface area contributed by atoms with Gasteiger partial charge in [0.15, 0.2) is 0 Å². The van der Waals surface area contributed by atoms with Gasteiger partial charge < -0.3 is 10.1 Å². The molecule has 0 radical (unpaired) electrons. The van der Waals surface area contributed by atoms with Crippen molar-refractivity contribution in [2.45, 2.75) is 19.4 Å². The van der Waals surface area contributed by atoms with Crippen LogP contribution in [-0.2, 0) is 11.2 Å². The van der Waals surface area contributed by atoms with Crippen LogP contribution in [0.15, 0.2) is 18.2 Å². The zero-order chi connectivity index (χ0) is 14.4. The Bertz CT molecular complexity index is 464.